The van der Waals surface area contributed by atoms with E-state index in [0.29, 0.717) is 12.1 Å². The quantitative estimate of drug-likeness (QED) is 0.499. The molecule has 0 fully saturated rings. The van der Waals surface area contributed by atoms with Crippen molar-refractivity contribution in [2.24, 2.45) is 0 Å². The molecule has 30 heavy (non-hydrogen) atoms. The van der Waals surface area contributed by atoms with Gasteiger partial charge in [0, 0.05) is 24.4 Å². The number of hydrogen-bond donors (Lipinski definition) is 1. The number of nitrogens with one attached hydrogen (secondary N) is 1. The van der Waals surface area contributed by atoms with Gasteiger partial charge in [0.15, 0.2) is 34.9 Å². The number of fused-ring (bicyclic) bond motifs is 1. The van der Waals surface area contributed by atoms with Gasteiger partial charge in [0.2, 0.25) is 5.43 Å². The summed E-state index contributed by atoms with van der Waals surface area (Å²) >= 11 is 0. The van der Waals surface area contributed by atoms with Gasteiger partial charge in [-0.3, -0.25) is 9.36 Å². The summed E-state index contributed by atoms with van der Waals surface area (Å²) in [6.07, 6.45) is 0.923. The summed E-state index contributed by atoms with van der Waals surface area (Å²) in [4.78, 5) is 28.9. The highest BCUT2D eigenvalue weighted by Crippen LogP contribution is 2.27. The fourth-order valence-corrected chi connectivity index (χ4v) is 3.06. The van der Waals surface area contributed by atoms with E-state index < -0.39 is 46.0 Å². The Kier molecular flexibility index (Phi) is 5.77. The van der Waals surface area contributed by atoms with E-state index in [0.717, 1.165) is 10.8 Å². The van der Waals surface area contributed by atoms with E-state index in [1.807, 2.05) is 0 Å². The first-order chi connectivity index (χ1) is 14.2. The summed E-state index contributed by atoms with van der Waals surface area (Å²) in [5.41, 5.74) is -1.98. The molecule has 3 rings (SSSR count). The van der Waals surface area contributed by atoms with Gasteiger partial charge >= 0.3 is 5.97 Å². The Balaban J connectivity index is 2.49. The predicted octanol–water partition coefficient (Wildman–Crippen LogP) is 3.86. The van der Waals surface area contributed by atoms with Gasteiger partial charge in [0.05, 0.1) is 17.5 Å². The first-order valence-corrected chi connectivity index (χ1v) is 9.02. The lowest BCUT2D eigenvalue weighted by Gasteiger charge is -2.17. The molecule has 0 aliphatic carbocycles. The van der Waals surface area contributed by atoms with E-state index in [1.54, 1.807) is 6.92 Å². The number of aromatic nitrogens is 2. The Bertz CT molecular complexity index is 1220. The van der Waals surface area contributed by atoms with E-state index in [2.05, 4.69) is 10.3 Å². The number of hydrogen-bond acceptors (Lipinski definition) is 5. The normalized spacial score (nSPS) is 11.0. The third-order valence-electron chi connectivity index (χ3n) is 4.39. The van der Waals surface area contributed by atoms with Crippen molar-refractivity contribution in [3.8, 4) is 5.82 Å². The average Bonchev–Trinajstić information content (AvgIpc) is 2.69. The Morgan fingerprint density at radius 1 is 1.13 bits per heavy atom. The van der Waals surface area contributed by atoms with Crippen LogP contribution in [0, 0.1) is 30.2 Å². The van der Waals surface area contributed by atoms with Gasteiger partial charge in [0.1, 0.15) is 5.56 Å². The van der Waals surface area contributed by atoms with E-state index in [1.165, 1.54) is 13.8 Å². The van der Waals surface area contributed by atoms with Gasteiger partial charge in [-0.25, -0.2) is 27.3 Å². The molecule has 158 valence electrons. The monoisotopic (exact) mass is 423 g/mol. The molecule has 0 unspecified atom stereocenters. The zero-order valence-electron chi connectivity index (χ0n) is 16.3. The molecule has 1 N–H and O–H groups in total. The minimum Gasteiger partial charge on any atom is -0.462 e. The molecular weight excluding hydrogens is 406 g/mol. The molecule has 0 radical (unpaired) electrons. The first-order valence-electron chi connectivity index (χ1n) is 9.02. The highest BCUT2D eigenvalue weighted by Gasteiger charge is 2.24. The number of anilines is 1. The van der Waals surface area contributed by atoms with Crippen LogP contribution in [0.25, 0.3) is 16.7 Å². The van der Waals surface area contributed by atoms with E-state index in [9.17, 15) is 27.2 Å². The molecule has 0 aliphatic rings. The molecule has 10 heteroatoms. The van der Waals surface area contributed by atoms with Crippen LogP contribution >= 0.6 is 0 Å². The molecule has 0 saturated heterocycles. The lowest BCUT2D eigenvalue weighted by atomic mass is 10.1. The molecular formula is C20H17F4N3O3. The van der Waals surface area contributed by atoms with Gasteiger partial charge in [-0.2, -0.15) is 0 Å². The number of esters is 1. The van der Waals surface area contributed by atoms with E-state index in [-0.39, 0.29) is 35.4 Å². The molecule has 0 spiro atoms. The minimum absolute atomic E-state index is 0.0547. The van der Waals surface area contributed by atoms with E-state index in [4.69, 9.17) is 4.74 Å². The number of carbonyl (C=O) groups excluding carboxylic acids is 1. The summed E-state index contributed by atoms with van der Waals surface area (Å²) in [5.74, 6) is -6.52. The number of halogens is 4. The number of aryl methyl sites for hydroxylation is 1. The van der Waals surface area contributed by atoms with Gasteiger partial charge in [0.25, 0.3) is 0 Å². The van der Waals surface area contributed by atoms with Crippen LogP contribution < -0.4 is 10.7 Å². The Labute approximate surface area is 168 Å². The van der Waals surface area contributed by atoms with Crippen LogP contribution in [0.15, 0.2) is 23.1 Å². The smallest absolute Gasteiger partial charge is 0.343 e. The first kappa shape index (κ1) is 21.3. The fraction of sp³-hybridized carbons (Fsp3) is 0.250. The second kappa shape index (κ2) is 8.13. The highest BCUT2D eigenvalue weighted by molar-refractivity contribution is 5.95. The number of ether oxygens (including phenoxy) is 1. The molecule has 6 nitrogen and oxygen atoms in total. The Morgan fingerprint density at radius 3 is 2.47 bits per heavy atom. The lowest BCUT2D eigenvalue weighted by molar-refractivity contribution is 0.0524. The van der Waals surface area contributed by atoms with Gasteiger partial charge < -0.3 is 10.1 Å². The summed E-state index contributed by atoms with van der Waals surface area (Å²) in [5, 5.41) is 2.23. The van der Waals surface area contributed by atoms with Crippen LogP contribution in [0.5, 0.6) is 0 Å². The zero-order chi connectivity index (χ0) is 22.2. The van der Waals surface area contributed by atoms with Crippen LogP contribution in [0.4, 0.5) is 23.4 Å². The van der Waals surface area contributed by atoms with Crippen LogP contribution in [0.1, 0.15) is 29.8 Å². The molecule has 0 saturated carbocycles. The van der Waals surface area contributed by atoms with Gasteiger partial charge in [-0.1, -0.05) is 0 Å². The standard InChI is InChI=1S/C20H17F4N3O3/c1-4-25-18-13(22)7-14(23)19(26-18)27-8-11(20(29)30-5-2)17(28)10-6-12(21)15(24)9(3)16(10)27/h6-8H,4-5H2,1-3H3,(H,25,26). The maximum absolute atomic E-state index is 14.7. The fourth-order valence-electron chi connectivity index (χ4n) is 3.06. The lowest BCUT2D eigenvalue weighted by Crippen LogP contribution is -2.22. The van der Waals surface area contributed by atoms with Crippen LogP contribution in [-0.4, -0.2) is 28.7 Å². The van der Waals surface area contributed by atoms with Crippen molar-refractivity contribution in [1.82, 2.24) is 9.55 Å². The molecule has 0 atom stereocenters. The van der Waals surface area contributed by atoms with Crippen molar-refractivity contribution in [2.75, 3.05) is 18.5 Å². The van der Waals surface area contributed by atoms with E-state index >= 15 is 0 Å². The molecule has 3 aromatic rings. The third kappa shape index (κ3) is 3.49. The summed E-state index contributed by atoms with van der Waals surface area (Å²) in [7, 11) is 0. The second-order valence-corrected chi connectivity index (χ2v) is 6.31. The number of carbonyl (C=O) groups is 1. The maximum Gasteiger partial charge on any atom is 0.343 e. The largest absolute Gasteiger partial charge is 0.462 e. The summed E-state index contributed by atoms with van der Waals surface area (Å²) in [6, 6.07) is 1.18. The number of benzene rings is 1. The van der Waals surface area contributed by atoms with Crippen molar-refractivity contribution >= 4 is 22.7 Å². The average molecular weight is 423 g/mol. The second-order valence-electron chi connectivity index (χ2n) is 6.31. The van der Waals surface area contributed by atoms with Crippen molar-refractivity contribution < 1.29 is 27.1 Å². The number of rotatable bonds is 5. The Morgan fingerprint density at radius 2 is 1.83 bits per heavy atom. The van der Waals surface area contributed by atoms with Gasteiger partial charge in [-0.05, 0) is 26.8 Å². The molecule has 0 amide bonds. The maximum atomic E-state index is 14.7. The van der Waals surface area contributed by atoms with Crippen molar-refractivity contribution in [3.63, 3.8) is 0 Å². The van der Waals surface area contributed by atoms with Crippen molar-refractivity contribution in [2.45, 2.75) is 20.8 Å². The molecule has 0 bridgehead atoms. The predicted molar refractivity (Wildman–Crippen MR) is 102 cm³/mol. The number of pyridine rings is 2. The third-order valence-corrected chi connectivity index (χ3v) is 4.39. The molecule has 2 aromatic heterocycles. The molecule has 0 aliphatic heterocycles. The number of nitrogens with zero attached hydrogens (tertiary/aromatic N) is 2. The van der Waals surface area contributed by atoms with Crippen molar-refractivity contribution in [1.29, 1.82) is 0 Å². The summed E-state index contributed by atoms with van der Waals surface area (Å²) < 4.78 is 62.7. The van der Waals surface area contributed by atoms with Crippen LogP contribution in [0.3, 0.4) is 0 Å². The topological polar surface area (TPSA) is 73.2 Å². The minimum atomic E-state index is -1.31. The summed E-state index contributed by atoms with van der Waals surface area (Å²) in [6.45, 7) is 4.59. The van der Waals surface area contributed by atoms with Crippen molar-refractivity contribution in [3.05, 3.63) is 62.9 Å². The molecule has 2 heterocycles. The van der Waals surface area contributed by atoms with Gasteiger partial charge in [-0.15, -0.1) is 0 Å². The zero-order valence-corrected chi connectivity index (χ0v) is 16.3. The van der Waals surface area contributed by atoms with Crippen LogP contribution in [0.2, 0.25) is 0 Å². The highest BCUT2D eigenvalue weighted by atomic mass is 19.2. The molecule has 1 aromatic carbocycles. The SMILES string of the molecule is CCNc1nc(-n2cc(C(=O)OCC)c(=O)c3cc(F)c(F)c(C)c32)c(F)cc1F. The van der Waals surface area contributed by atoms with Crippen LogP contribution in [-0.2, 0) is 4.74 Å². The Hall–Kier alpha value is -3.43.